The van der Waals surface area contributed by atoms with Crippen LogP contribution in [0.1, 0.15) is 20.3 Å². The Labute approximate surface area is 72.7 Å². The van der Waals surface area contributed by atoms with E-state index >= 15 is 0 Å². The summed E-state index contributed by atoms with van der Waals surface area (Å²) in [7, 11) is 0. The molecule has 0 saturated heterocycles. The molecule has 0 N–H and O–H groups in total. The van der Waals surface area contributed by atoms with Crippen molar-refractivity contribution in [2.24, 2.45) is 0 Å². The van der Waals surface area contributed by atoms with Crippen molar-refractivity contribution in [1.29, 1.82) is 0 Å². The Morgan fingerprint density at radius 2 is 2.27 bits per heavy atom. The van der Waals surface area contributed by atoms with Gasteiger partial charge in [-0.15, -0.1) is 11.6 Å². The fraction of sp³-hybridized carbons (Fsp3) is 0.444. The smallest absolute Gasteiger partial charge is 0.145 e. The standard InChI is InChI=1S/C9H13ClO/c1-3-4-9(10)6-5-8(2)7-11/h3-5,7,9H,6H2,1-2H3/b4-3-,8-5+. The van der Waals surface area contributed by atoms with Gasteiger partial charge in [0.1, 0.15) is 6.29 Å². The molecule has 0 fully saturated rings. The second-order valence-electron chi connectivity index (χ2n) is 2.34. The van der Waals surface area contributed by atoms with E-state index in [0.29, 0.717) is 0 Å². The van der Waals surface area contributed by atoms with Gasteiger partial charge in [-0.3, -0.25) is 4.79 Å². The number of rotatable bonds is 4. The predicted octanol–water partition coefficient (Wildman–Crippen LogP) is 2.71. The van der Waals surface area contributed by atoms with Crippen molar-refractivity contribution < 1.29 is 4.79 Å². The maximum atomic E-state index is 10.1. The minimum Gasteiger partial charge on any atom is -0.298 e. The molecule has 0 spiro atoms. The minimum absolute atomic E-state index is 0.00917. The van der Waals surface area contributed by atoms with Crippen molar-refractivity contribution in [3.05, 3.63) is 23.8 Å². The Morgan fingerprint density at radius 1 is 1.64 bits per heavy atom. The Kier molecular flexibility index (Phi) is 5.86. The molecule has 0 heterocycles. The van der Waals surface area contributed by atoms with E-state index in [4.69, 9.17) is 11.6 Å². The first-order chi connectivity index (χ1) is 5.20. The summed E-state index contributed by atoms with van der Waals surface area (Å²) in [5.74, 6) is 0. The van der Waals surface area contributed by atoms with Crippen LogP contribution in [-0.4, -0.2) is 11.7 Å². The third-order valence-corrected chi connectivity index (χ3v) is 1.58. The number of hydrogen-bond acceptors (Lipinski definition) is 1. The van der Waals surface area contributed by atoms with Crippen LogP contribution < -0.4 is 0 Å². The third kappa shape index (κ3) is 5.86. The van der Waals surface area contributed by atoms with Crippen LogP contribution in [0.3, 0.4) is 0 Å². The molecule has 0 aliphatic rings. The topological polar surface area (TPSA) is 17.1 Å². The van der Waals surface area contributed by atoms with Crippen LogP contribution in [0.25, 0.3) is 0 Å². The van der Waals surface area contributed by atoms with Gasteiger partial charge in [0.2, 0.25) is 0 Å². The minimum atomic E-state index is 0.00917. The van der Waals surface area contributed by atoms with Crippen molar-refractivity contribution in [1.82, 2.24) is 0 Å². The highest BCUT2D eigenvalue weighted by molar-refractivity contribution is 6.21. The summed E-state index contributed by atoms with van der Waals surface area (Å²) in [6.45, 7) is 3.69. The van der Waals surface area contributed by atoms with Crippen LogP contribution in [0.2, 0.25) is 0 Å². The average Bonchev–Trinajstić information content (AvgIpc) is 2.01. The van der Waals surface area contributed by atoms with Crippen LogP contribution in [0.15, 0.2) is 23.8 Å². The third-order valence-electron chi connectivity index (χ3n) is 1.25. The van der Waals surface area contributed by atoms with Gasteiger partial charge in [0, 0.05) is 0 Å². The van der Waals surface area contributed by atoms with Crippen molar-refractivity contribution in [3.63, 3.8) is 0 Å². The molecular formula is C9H13ClO. The largest absolute Gasteiger partial charge is 0.298 e. The van der Waals surface area contributed by atoms with E-state index in [2.05, 4.69) is 0 Å². The molecule has 0 aromatic heterocycles. The van der Waals surface area contributed by atoms with Crippen molar-refractivity contribution in [3.8, 4) is 0 Å². The molecule has 0 amide bonds. The first-order valence-corrected chi connectivity index (χ1v) is 4.03. The molecule has 0 radical (unpaired) electrons. The predicted molar refractivity (Wildman–Crippen MR) is 48.9 cm³/mol. The van der Waals surface area contributed by atoms with Gasteiger partial charge in [0.25, 0.3) is 0 Å². The second-order valence-corrected chi connectivity index (χ2v) is 2.90. The van der Waals surface area contributed by atoms with Crippen molar-refractivity contribution in [2.45, 2.75) is 25.6 Å². The van der Waals surface area contributed by atoms with Gasteiger partial charge >= 0.3 is 0 Å². The van der Waals surface area contributed by atoms with E-state index in [1.807, 2.05) is 25.2 Å². The molecule has 0 saturated carbocycles. The van der Waals surface area contributed by atoms with E-state index in [1.165, 1.54) is 0 Å². The number of aldehydes is 1. The quantitative estimate of drug-likeness (QED) is 0.276. The molecule has 1 atom stereocenters. The zero-order valence-electron chi connectivity index (χ0n) is 6.88. The summed E-state index contributed by atoms with van der Waals surface area (Å²) in [5, 5.41) is 0.00917. The summed E-state index contributed by atoms with van der Waals surface area (Å²) in [6.07, 6.45) is 7.19. The molecule has 11 heavy (non-hydrogen) atoms. The summed E-state index contributed by atoms with van der Waals surface area (Å²) in [6, 6.07) is 0. The lowest BCUT2D eigenvalue weighted by Crippen LogP contribution is -1.90. The maximum absolute atomic E-state index is 10.1. The second kappa shape index (κ2) is 6.17. The van der Waals surface area contributed by atoms with E-state index in [9.17, 15) is 4.79 Å². The highest BCUT2D eigenvalue weighted by atomic mass is 35.5. The van der Waals surface area contributed by atoms with Crippen LogP contribution in [0, 0.1) is 0 Å². The maximum Gasteiger partial charge on any atom is 0.145 e. The lowest BCUT2D eigenvalue weighted by atomic mass is 10.2. The van der Waals surface area contributed by atoms with Crippen molar-refractivity contribution >= 4 is 17.9 Å². The van der Waals surface area contributed by atoms with Gasteiger partial charge in [-0.1, -0.05) is 18.2 Å². The van der Waals surface area contributed by atoms with Gasteiger partial charge in [-0.25, -0.2) is 0 Å². The molecule has 0 aromatic rings. The zero-order valence-corrected chi connectivity index (χ0v) is 7.64. The Bertz CT molecular complexity index is 170. The Hall–Kier alpha value is -0.560. The summed E-state index contributed by atoms with van der Waals surface area (Å²) >= 11 is 5.83. The molecule has 0 rings (SSSR count). The van der Waals surface area contributed by atoms with Crippen LogP contribution in [0.5, 0.6) is 0 Å². The van der Waals surface area contributed by atoms with Crippen LogP contribution in [0.4, 0.5) is 0 Å². The number of halogens is 1. The molecule has 0 aliphatic heterocycles. The lowest BCUT2D eigenvalue weighted by Gasteiger charge is -1.97. The monoisotopic (exact) mass is 172 g/mol. The van der Waals surface area contributed by atoms with E-state index in [-0.39, 0.29) is 5.38 Å². The fourth-order valence-electron chi connectivity index (χ4n) is 0.634. The van der Waals surface area contributed by atoms with Gasteiger partial charge in [0.15, 0.2) is 0 Å². The molecule has 2 heteroatoms. The first-order valence-electron chi connectivity index (χ1n) is 3.59. The molecule has 0 aliphatic carbocycles. The van der Waals surface area contributed by atoms with E-state index in [0.717, 1.165) is 18.3 Å². The molecule has 1 nitrogen and oxygen atoms in total. The number of carbonyl (C=O) groups is 1. The Morgan fingerprint density at radius 3 is 2.73 bits per heavy atom. The average molecular weight is 173 g/mol. The van der Waals surface area contributed by atoms with Gasteiger partial charge in [-0.05, 0) is 25.8 Å². The molecule has 1 unspecified atom stereocenters. The molecule has 0 aromatic carbocycles. The Balaban J connectivity index is 3.77. The summed E-state index contributed by atoms with van der Waals surface area (Å²) < 4.78 is 0. The summed E-state index contributed by atoms with van der Waals surface area (Å²) in [5.41, 5.74) is 0.736. The SMILES string of the molecule is C/C=C\C(Cl)C/C=C(\C)C=O. The number of alkyl halides is 1. The molecule has 62 valence electrons. The van der Waals surface area contributed by atoms with Gasteiger partial charge < -0.3 is 0 Å². The number of hydrogen-bond donors (Lipinski definition) is 0. The molecular weight excluding hydrogens is 160 g/mol. The fourth-order valence-corrected chi connectivity index (χ4v) is 0.869. The summed E-state index contributed by atoms with van der Waals surface area (Å²) in [4.78, 5) is 10.1. The highest BCUT2D eigenvalue weighted by Crippen LogP contribution is 2.05. The van der Waals surface area contributed by atoms with Crippen molar-refractivity contribution in [2.75, 3.05) is 0 Å². The van der Waals surface area contributed by atoms with Gasteiger partial charge in [-0.2, -0.15) is 0 Å². The van der Waals surface area contributed by atoms with Gasteiger partial charge in [0.05, 0.1) is 5.38 Å². The number of allylic oxidation sites excluding steroid dienone is 4. The number of carbonyl (C=O) groups excluding carboxylic acids is 1. The zero-order chi connectivity index (χ0) is 8.69. The van der Waals surface area contributed by atoms with Crippen LogP contribution >= 0.6 is 11.6 Å². The van der Waals surface area contributed by atoms with Crippen LogP contribution in [-0.2, 0) is 4.79 Å². The van der Waals surface area contributed by atoms with E-state index < -0.39 is 0 Å². The normalized spacial score (nSPS) is 15.4. The lowest BCUT2D eigenvalue weighted by molar-refractivity contribution is -0.104. The van der Waals surface area contributed by atoms with E-state index in [1.54, 1.807) is 6.92 Å². The first kappa shape index (κ1) is 10.4. The highest BCUT2D eigenvalue weighted by Gasteiger charge is 1.95. The molecule has 0 bridgehead atoms.